The van der Waals surface area contributed by atoms with Crippen molar-refractivity contribution >= 4 is 17.9 Å². The minimum absolute atomic E-state index is 0.00860. The van der Waals surface area contributed by atoms with Crippen molar-refractivity contribution < 1.29 is 23.8 Å². The molecule has 1 aromatic heterocycles. The molecule has 1 aromatic rings. The van der Waals surface area contributed by atoms with Crippen LogP contribution in [0.1, 0.15) is 26.3 Å². The standard InChI is InChI=1S/C13H15FN2O4/c1-13(2,3)20-12(19)16-9(11(17)18)5-7-4-8(14)6-15-10(7)16/h4,6,9H,5H2,1-3H3,(H,17,18). The van der Waals surface area contributed by atoms with Crippen LogP contribution in [0.3, 0.4) is 0 Å². The van der Waals surface area contributed by atoms with Crippen LogP contribution in [0.25, 0.3) is 0 Å². The number of ether oxygens (including phenoxy) is 1. The van der Waals surface area contributed by atoms with E-state index in [2.05, 4.69) is 4.98 Å². The summed E-state index contributed by atoms with van der Waals surface area (Å²) in [6, 6.07) is 0.0528. The number of hydrogen-bond donors (Lipinski definition) is 1. The molecule has 0 bridgehead atoms. The molecule has 0 saturated carbocycles. The predicted molar refractivity (Wildman–Crippen MR) is 68.0 cm³/mol. The first-order valence-corrected chi connectivity index (χ1v) is 6.08. The maximum atomic E-state index is 13.1. The van der Waals surface area contributed by atoms with E-state index in [1.807, 2.05) is 0 Å². The average Bonchev–Trinajstić information content (AvgIpc) is 2.64. The molecule has 1 aliphatic heterocycles. The highest BCUT2D eigenvalue weighted by atomic mass is 19.1. The molecule has 0 aliphatic carbocycles. The van der Waals surface area contributed by atoms with Crippen LogP contribution in [0.2, 0.25) is 0 Å². The molecule has 0 spiro atoms. The van der Waals surface area contributed by atoms with Crippen molar-refractivity contribution in [1.82, 2.24) is 4.98 Å². The molecule has 0 radical (unpaired) electrons. The van der Waals surface area contributed by atoms with Gasteiger partial charge in [-0.2, -0.15) is 0 Å². The maximum Gasteiger partial charge on any atom is 0.416 e. The van der Waals surface area contributed by atoms with E-state index >= 15 is 0 Å². The van der Waals surface area contributed by atoms with Gasteiger partial charge in [-0.05, 0) is 26.8 Å². The van der Waals surface area contributed by atoms with Gasteiger partial charge in [-0.1, -0.05) is 0 Å². The van der Waals surface area contributed by atoms with Gasteiger partial charge in [0.1, 0.15) is 23.3 Å². The zero-order valence-electron chi connectivity index (χ0n) is 11.4. The second-order valence-electron chi connectivity index (χ2n) is 5.54. The van der Waals surface area contributed by atoms with E-state index in [-0.39, 0.29) is 12.2 Å². The number of anilines is 1. The predicted octanol–water partition coefficient (Wildman–Crippen LogP) is 1.97. The number of carboxylic acid groups (broad SMARTS) is 1. The van der Waals surface area contributed by atoms with Gasteiger partial charge in [0, 0.05) is 12.0 Å². The highest BCUT2D eigenvalue weighted by molar-refractivity contribution is 5.97. The van der Waals surface area contributed by atoms with Gasteiger partial charge in [-0.3, -0.25) is 0 Å². The number of aromatic nitrogens is 1. The number of halogens is 1. The molecule has 2 rings (SSSR count). The Morgan fingerprint density at radius 1 is 1.50 bits per heavy atom. The summed E-state index contributed by atoms with van der Waals surface area (Å²) < 4.78 is 18.3. The van der Waals surface area contributed by atoms with Crippen molar-refractivity contribution in [2.24, 2.45) is 0 Å². The van der Waals surface area contributed by atoms with Crippen molar-refractivity contribution in [3.63, 3.8) is 0 Å². The number of rotatable bonds is 1. The maximum absolute atomic E-state index is 13.1. The van der Waals surface area contributed by atoms with Crippen LogP contribution in [0.4, 0.5) is 15.0 Å². The van der Waals surface area contributed by atoms with Crippen LogP contribution >= 0.6 is 0 Å². The van der Waals surface area contributed by atoms with Crippen molar-refractivity contribution in [2.45, 2.75) is 38.8 Å². The minimum atomic E-state index is -1.19. The van der Waals surface area contributed by atoms with Crippen LogP contribution in [0.15, 0.2) is 12.3 Å². The summed E-state index contributed by atoms with van der Waals surface area (Å²) in [5.41, 5.74) is -0.383. The smallest absolute Gasteiger partial charge is 0.416 e. The number of fused-ring (bicyclic) bond motifs is 1. The van der Waals surface area contributed by atoms with Gasteiger partial charge in [0.15, 0.2) is 0 Å². The van der Waals surface area contributed by atoms with E-state index in [9.17, 15) is 19.1 Å². The number of amides is 1. The summed E-state index contributed by atoms with van der Waals surface area (Å²) in [5, 5.41) is 9.20. The summed E-state index contributed by atoms with van der Waals surface area (Å²) >= 11 is 0. The van der Waals surface area contributed by atoms with Crippen LogP contribution in [0, 0.1) is 5.82 Å². The third kappa shape index (κ3) is 2.71. The van der Waals surface area contributed by atoms with Gasteiger partial charge in [0.05, 0.1) is 6.20 Å². The van der Waals surface area contributed by atoms with Gasteiger partial charge in [0.2, 0.25) is 0 Å². The van der Waals surface area contributed by atoms with Crippen LogP contribution in [0.5, 0.6) is 0 Å². The largest absolute Gasteiger partial charge is 0.480 e. The summed E-state index contributed by atoms with van der Waals surface area (Å²) in [4.78, 5) is 28.2. The number of pyridine rings is 1. The third-order valence-corrected chi connectivity index (χ3v) is 2.74. The molecule has 0 saturated heterocycles. The molecule has 7 heteroatoms. The van der Waals surface area contributed by atoms with E-state index in [1.54, 1.807) is 20.8 Å². The second-order valence-corrected chi connectivity index (χ2v) is 5.54. The van der Waals surface area contributed by atoms with Crippen LogP contribution < -0.4 is 4.90 Å². The van der Waals surface area contributed by atoms with E-state index < -0.39 is 29.5 Å². The number of nitrogens with zero attached hydrogens (tertiary/aromatic N) is 2. The van der Waals surface area contributed by atoms with Gasteiger partial charge in [-0.25, -0.2) is 23.9 Å². The Kier molecular flexibility index (Phi) is 3.37. The summed E-state index contributed by atoms with van der Waals surface area (Å²) in [6.07, 6.45) is 0.150. The molecule has 0 aromatic carbocycles. The first-order chi connectivity index (χ1) is 9.19. The Morgan fingerprint density at radius 3 is 2.70 bits per heavy atom. The van der Waals surface area contributed by atoms with Crippen molar-refractivity contribution in [3.8, 4) is 0 Å². The third-order valence-electron chi connectivity index (χ3n) is 2.74. The lowest BCUT2D eigenvalue weighted by molar-refractivity contribution is -0.138. The summed E-state index contributed by atoms with van der Waals surface area (Å²) in [5.74, 6) is -1.62. The number of carbonyl (C=O) groups is 2. The molecule has 20 heavy (non-hydrogen) atoms. The van der Waals surface area contributed by atoms with Crippen molar-refractivity contribution in [2.75, 3.05) is 4.90 Å². The minimum Gasteiger partial charge on any atom is -0.480 e. The SMILES string of the molecule is CC(C)(C)OC(=O)N1c2ncc(F)cc2CC1C(=O)O. The molecular weight excluding hydrogens is 267 g/mol. The fourth-order valence-electron chi connectivity index (χ4n) is 2.01. The molecule has 6 nitrogen and oxygen atoms in total. The number of carbonyl (C=O) groups excluding carboxylic acids is 1. The van der Waals surface area contributed by atoms with Crippen LogP contribution in [-0.4, -0.2) is 33.8 Å². The Bertz CT molecular complexity index is 568. The quantitative estimate of drug-likeness (QED) is 0.851. The fraction of sp³-hybridized carbons (Fsp3) is 0.462. The lowest BCUT2D eigenvalue weighted by atomic mass is 10.1. The van der Waals surface area contributed by atoms with E-state index in [1.165, 1.54) is 6.07 Å². The molecule has 1 N–H and O–H groups in total. The molecule has 108 valence electrons. The molecule has 0 fully saturated rings. The number of carboxylic acids is 1. The Balaban J connectivity index is 2.38. The lowest BCUT2D eigenvalue weighted by Crippen LogP contribution is -2.45. The molecule has 1 amide bonds. The zero-order chi connectivity index (χ0) is 15.1. The lowest BCUT2D eigenvalue weighted by Gasteiger charge is -2.26. The van der Waals surface area contributed by atoms with E-state index in [0.29, 0.717) is 5.56 Å². The highest BCUT2D eigenvalue weighted by Crippen LogP contribution is 2.32. The molecular formula is C13H15FN2O4. The topological polar surface area (TPSA) is 79.7 Å². The first kappa shape index (κ1) is 14.2. The van der Waals surface area contributed by atoms with Crippen LogP contribution in [-0.2, 0) is 16.0 Å². The normalized spacial score (nSPS) is 17.8. The number of aliphatic carboxylic acids is 1. The fourth-order valence-corrected chi connectivity index (χ4v) is 2.01. The van der Waals surface area contributed by atoms with E-state index in [4.69, 9.17) is 4.74 Å². The summed E-state index contributed by atoms with van der Waals surface area (Å²) in [7, 11) is 0. The Labute approximate surface area is 115 Å². The Hall–Kier alpha value is -2.18. The summed E-state index contributed by atoms with van der Waals surface area (Å²) in [6.45, 7) is 5.03. The Morgan fingerprint density at radius 2 is 2.15 bits per heavy atom. The molecule has 1 atom stereocenters. The number of hydrogen-bond acceptors (Lipinski definition) is 4. The second kappa shape index (κ2) is 4.73. The first-order valence-electron chi connectivity index (χ1n) is 6.08. The van der Waals surface area contributed by atoms with Crippen molar-refractivity contribution in [1.29, 1.82) is 0 Å². The van der Waals surface area contributed by atoms with E-state index in [0.717, 1.165) is 11.1 Å². The average molecular weight is 282 g/mol. The van der Waals surface area contributed by atoms with Gasteiger partial charge in [0.25, 0.3) is 0 Å². The zero-order valence-corrected chi connectivity index (χ0v) is 11.4. The van der Waals surface area contributed by atoms with Gasteiger partial charge >= 0.3 is 12.1 Å². The molecule has 1 aliphatic rings. The molecule has 1 unspecified atom stereocenters. The van der Waals surface area contributed by atoms with Gasteiger partial charge in [-0.15, -0.1) is 0 Å². The monoisotopic (exact) mass is 282 g/mol. The van der Waals surface area contributed by atoms with Crippen molar-refractivity contribution in [3.05, 3.63) is 23.6 Å². The highest BCUT2D eigenvalue weighted by Gasteiger charge is 2.41. The van der Waals surface area contributed by atoms with Gasteiger partial charge < -0.3 is 9.84 Å². The molecule has 2 heterocycles.